The van der Waals surface area contributed by atoms with Crippen LogP contribution in [0, 0.1) is 5.92 Å². The fraction of sp³-hybridized carbons (Fsp3) is 0.520. The maximum Gasteiger partial charge on any atom is 0.326 e. The normalized spacial score (nSPS) is 29.1. The first-order chi connectivity index (χ1) is 18.4. The van der Waals surface area contributed by atoms with E-state index >= 15 is 0 Å². The molecule has 1 saturated carbocycles. The van der Waals surface area contributed by atoms with E-state index in [1.807, 2.05) is 6.08 Å². The summed E-state index contributed by atoms with van der Waals surface area (Å²) in [5, 5.41) is 10.9. The second-order valence-corrected chi connectivity index (χ2v) is 12.0. The number of amides is 4. The number of carbonyl (C=O) groups is 5. The fourth-order valence-corrected chi connectivity index (χ4v) is 6.26. The lowest BCUT2D eigenvalue weighted by atomic mass is 10.0. The van der Waals surface area contributed by atoms with Crippen LogP contribution >= 0.6 is 21.6 Å². The van der Waals surface area contributed by atoms with Crippen molar-refractivity contribution < 1.29 is 28.7 Å². The van der Waals surface area contributed by atoms with Gasteiger partial charge in [-0.25, -0.2) is 0 Å². The zero-order valence-electron chi connectivity index (χ0n) is 20.7. The smallest absolute Gasteiger partial charge is 0.326 e. The molecule has 3 aliphatic rings. The highest BCUT2D eigenvalue weighted by atomic mass is 33.1. The molecular weight excluding hydrogens is 530 g/mol. The van der Waals surface area contributed by atoms with E-state index in [0.717, 1.165) is 18.4 Å². The summed E-state index contributed by atoms with van der Waals surface area (Å²) < 4.78 is 5.49. The molecule has 38 heavy (non-hydrogen) atoms. The highest BCUT2D eigenvalue weighted by Gasteiger charge is 2.39. The molecule has 1 aliphatic carbocycles. The molecule has 1 unspecified atom stereocenters. The van der Waals surface area contributed by atoms with E-state index in [1.54, 1.807) is 41.4 Å². The summed E-state index contributed by atoms with van der Waals surface area (Å²) in [4.78, 5) is 69.2. The van der Waals surface area contributed by atoms with E-state index in [-0.39, 0.29) is 31.1 Å². The average Bonchev–Trinajstić information content (AvgIpc) is 3.73. The minimum Gasteiger partial charge on any atom is -0.456 e. The van der Waals surface area contributed by atoms with Crippen molar-refractivity contribution >= 4 is 51.2 Å². The summed E-state index contributed by atoms with van der Waals surface area (Å²) in [6.45, 7) is -0.388. The number of ether oxygens (including phenoxy) is 1. The van der Waals surface area contributed by atoms with Gasteiger partial charge in [0.15, 0.2) is 0 Å². The minimum absolute atomic E-state index is 0.0382. The van der Waals surface area contributed by atoms with Crippen LogP contribution in [0.1, 0.15) is 31.2 Å². The van der Waals surface area contributed by atoms with Gasteiger partial charge in [-0.15, -0.1) is 0 Å². The lowest BCUT2D eigenvalue weighted by Gasteiger charge is -2.26. The number of nitrogens with one attached hydrogen (secondary N) is 4. The van der Waals surface area contributed by atoms with Crippen molar-refractivity contribution in [1.82, 2.24) is 26.3 Å². The molecule has 2 fully saturated rings. The van der Waals surface area contributed by atoms with Gasteiger partial charge in [-0.2, -0.15) is 0 Å². The average molecular weight is 562 g/mol. The number of rotatable bonds is 3. The van der Waals surface area contributed by atoms with Crippen molar-refractivity contribution in [2.24, 2.45) is 5.92 Å². The van der Waals surface area contributed by atoms with Crippen LogP contribution in [0.25, 0.3) is 0 Å². The van der Waals surface area contributed by atoms with Crippen LogP contribution < -0.4 is 21.3 Å². The third-order valence-electron chi connectivity index (χ3n) is 6.26. The first-order valence-electron chi connectivity index (χ1n) is 12.6. The van der Waals surface area contributed by atoms with Crippen molar-refractivity contribution in [2.75, 3.05) is 18.1 Å². The molecule has 2 bridgehead atoms. The third-order valence-corrected chi connectivity index (χ3v) is 8.71. The van der Waals surface area contributed by atoms with Crippen molar-refractivity contribution in [1.29, 1.82) is 0 Å². The number of hydrogen-bond acceptors (Lipinski definition) is 9. The molecule has 4 atom stereocenters. The Kier molecular flexibility index (Phi) is 10.0. The molecule has 2 aliphatic heterocycles. The molecule has 4 amide bonds. The lowest BCUT2D eigenvalue weighted by molar-refractivity contribution is -0.148. The number of aromatic nitrogens is 1. The minimum atomic E-state index is -0.987. The number of allylic oxidation sites excluding steroid dienone is 1. The molecule has 0 spiro atoms. The van der Waals surface area contributed by atoms with Crippen LogP contribution in [0.3, 0.4) is 0 Å². The Bertz CT molecular complexity index is 1070. The second kappa shape index (κ2) is 13.7. The van der Waals surface area contributed by atoms with Crippen molar-refractivity contribution in [2.45, 2.75) is 56.3 Å². The lowest BCUT2D eigenvalue weighted by Crippen LogP contribution is -2.58. The van der Waals surface area contributed by atoms with E-state index in [2.05, 4.69) is 26.3 Å². The highest BCUT2D eigenvalue weighted by molar-refractivity contribution is 8.76. The van der Waals surface area contributed by atoms with Crippen LogP contribution in [0.2, 0.25) is 0 Å². The largest absolute Gasteiger partial charge is 0.456 e. The summed E-state index contributed by atoms with van der Waals surface area (Å²) in [5.74, 6) is -1.76. The summed E-state index contributed by atoms with van der Waals surface area (Å²) in [5.41, 5.74) is 0.770. The van der Waals surface area contributed by atoms with Gasteiger partial charge in [-0.05, 0) is 49.0 Å². The third kappa shape index (κ3) is 8.48. The van der Waals surface area contributed by atoms with Gasteiger partial charge in [-0.1, -0.05) is 27.7 Å². The van der Waals surface area contributed by atoms with Gasteiger partial charge < -0.3 is 26.0 Å². The van der Waals surface area contributed by atoms with E-state index < -0.39 is 53.8 Å². The first kappa shape index (κ1) is 28.0. The zero-order valence-corrected chi connectivity index (χ0v) is 22.4. The summed E-state index contributed by atoms with van der Waals surface area (Å²) in [6, 6.07) is 0.739. The number of pyridine rings is 1. The maximum atomic E-state index is 13.4. The van der Waals surface area contributed by atoms with Gasteiger partial charge in [0.2, 0.25) is 23.6 Å². The molecule has 4 N–H and O–H groups in total. The molecule has 4 rings (SSSR count). The van der Waals surface area contributed by atoms with E-state index in [1.165, 1.54) is 10.8 Å². The van der Waals surface area contributed by atoms with Crippen molar-refractivity contribution in [3.05, 3.63) is 42.2 Å². The van der Waals surface area contributed by atoms with Crippen molar-refractivity contribution in [3.8, 4) is 0 Å². The van der Waals surface area contributed by atoms with Gasteiger partial charge in [0.25, 0.3) is 0 Å². The summed E-state index contributed by atoms with van der Waals surface area (Å²) >= 11 is 0. The SMILES string of the molecule is O=C1C[C@@H]2/C=C/CCSSC[C@@H](NC(=O)[C@@H](Cc3ccncc3)N1)C(=O)NC(C1CC1)C(=O)NCC(=O)O2. The first-order valence-corrected chi connectivity index (χ1v) is 15.0. The number of hydrogen-bond donors (Lipinski definition) is 4. The van der Waals surface area contributed by atoms with E-state index in [4.69, 9.17) is 4.74 Å². The molecule has 1 aromatic rings. The fourth-order valence-electron chi connectivity index (χ4n) is 4.10. The molecule has 1 aromatic heterocycles. The zero-order chi connectivity index (χ0) is 26.9. The molecule has 0 radical (unpaired) electrons. The molecule has 0 aromatic carbocycles. The number of carbonyl (C=O) groups excluding carboxylic acids is 5. The van der Waals surface area contributed by atoms with Crippen LogP contribution in [0.4, 0.5) is 0 Å². The van der Waals surface area contributed by atoms with Gasteiger partial charge in [0, 0.05) is 30.3 Å². The van der Waals surface area contributed by atoms with Gasteiger partial charge in [0.1, 0.15) is 30.8 Å². The highest BCUT2D eigenvalue weighted by Crippen LogP contribution is 2.33. The van der Waals surface area contributed by atoms with Gasteiger partial charge >= 0.3 is 5.97 Å². The monoisotopic (exact) mass is 561 g/mol. The Morgan fingerprint density at radius 3 is 2.50 bits per heavy atom. The number of fused-ring (bicyclic) bond motifs is 7. The van der Waals surface area contributed by atoms with Gasteiger partial charge in [-0.3, -0.25) is 29.0 Å². The van der Waals surface area contributed by atoms with Crippen LogP contribution in [0.15, 0.2) is 36.7 Å². The molecule has 204 valence electrons. The summed E-state index contributed by atoms with van der Waals surface area (Å²) in [6.07, 6.45) is 7.97. The molecule has 13 heteroatoms. The predicted octanol–water partition coefficient (Wildman–Crippen LogP) is 0.262. The Morgan fingerprint density at radius 2 is 1.74 bits per heavy atom. The molecular formula is C25H31N5O6S2. The second-order valence-electron chi connectivity index (χ2n) is 9.34. The molecule has 1 saturated heterocycles. The van der Waals surface area contributed by atoms with Crippen LogP contribution in [-0.2, 0) is 35.1 Å². The standard InChI is InChI=1S/C25H31N5O6S2/c31-20-12-17-3-1-2-10-37-38-14-19(29-23(33)18(28-20)11-15-6-8-26-9-7-15)24(34)30-22(16-4-5-16)25(35)27-13-21(32)36-17/h1,3,6-9,16-19,22H,2,4-5,10-14H2,(H,27,35)(H,28,31)(H,29,33)(H,30,34)/b3-1+/t17-,18+,19+,22?/m0/s1. The summed E-state index contributed by atoms with van der Waals surface area (Å²) in [7, 11) is 2.98. The van der Waals surface area contributed by atoms with Crippen LogP contribution in [0.5, 0.6) is 0 Å². The Balaban J connectivity index is 1.65. The Morgan fingerprint density at radius 1 is 0.947 bits per heavy atom. The quantitative estimate of drug-likeness (QED) is 0.231. The van der Waals surface area contributed by atoms with Crippen LogP contribution in [-0.4, -0.2) is 76.9 Å². The topological polar surface area (TPSA) is 156 Å². The number of nitrogens with zero attached hydrogens (tertiary/aromatic N) is 1. The Hall–Kier alpha value is -3.06. The van der Waals surface area contributed by atoms with E-state index in [0.29, 0.717) is 12.2 Å². The molecule has 3 heterocycles. The predicted molar refractivity (Wildman–Crippen MR) is 143 cm³/mol. The Labute approximate surface area is 228 Å². The molecule has 11 nitrogen and oxygen atoms in total. The number of esters is 1. The van der Waals surface area contributed by atoms with Crippen molar-refractivity contribution in [3.63, 3.8) is 0 Å². The van der Waals surface area contributed by atoms with Gasteiger partial charge in [0.05, 0.1) is 6.42 Å². The maximum absolute atomic E-state index is 13.4. The van der Waals surface area contributed by atoms with E-state index in [9.17, 15) is 24.0 Å².